The van der Waals surface area contributed by atoms with Crippen LogP contribution in [0.2, 0.25) is 0 Å². The van der Waals surface area contributed by atoms with Gasteiger partial charge in [0.2, 0.25) is 11.8 Å². The summed E-state index contributed by atoms with van der Waals surface area (Å²) in [5.74, 6) is -0.167. The van der Waals surface area contributed by atoms with Gasteiger partial charge in [-0.25, -0.2) is 0 Å². The standard InChI is InChI=1S/C22H35N3O3S/c1-6-15(2)23-21(28)19(24-20(27)17-8-7-13-29-17)16-9-11-25(12-10-16)18(26)14-22(3,4)5/h7-8,13,15-16,19H,6,9-12,14H2,1-5H3,(H,23,28)(H,24,27)/t15-,19-/m1/s1. The molecule has 1 aromatic heterocycles. The van der Waals surface area contributed by atoms with E-state index in [-0.39, 0.29) is 35.1 Å². The number of thiophene rings is 1. The minimum absolute atomic E-state index is 0.0154. The lowest BCUT2D eigenvalue weighted by atomic mass is 9.87. The van der Waals surface area contributed by atoms with Gasteiger partial charge in [-0.15, -0.1) is 11.3 Å². The van der Waals surface area contributed by atoms with E-state index >= 15 is 0 Å². The summed E-state index contributed by atoms with van der Waals surface area (Å²) in [6.07, 6.45) is 2.76. The number of carbonyl (C=O) groups is 3. The molecule has 2 N–H and O–H groups in total. The molecule has 0 aliphatic carbocycles. The molecule has 1 fully saturated rings. The Morgan fingerprint density at radius 3 is 2.38 bits per heavy atom. The fraction of sp³-hybridized carbons (Fsp3) is 0.682. The number of nitrogens with one attached hydrogen (secondary N) is 2. The molecule has 0 aromatic carbocycles. The van der Waals surface area contributed by atoms with Crippen LogP contribution >= 0.6 is 11.3 Å². The molecule has 29 heavy (non-hydrogen) atoms. The van der Waals surface area contributed by atoms with E-state index in [0.717, 1.165) is 6.42 Å². The molecule has 0 unspecified atom stereocenters. The average molecular weight is 422 g/mol. The Morgan fingerprint density at radius 2 is 1.86 bits per heavy atom. The number of piperidine rings is 1. The first-order valence-corrected chi connectivity index (χ1v) is 11.4. The first-order chi connectivity index (χ1) is 13.6. The fourth-order valence-electron chi connectivity index (χ4n) is 3.50. The van der Waals surface area contributed by atoms with Crippen molar-refractivity contribution in [1.82, 2.24) is 15.5 Å². The van der Waals surface area contributed by atoms with Crippen LogP contribution in [-0.4, -0.2) is 47.8 Å². The zero-order valence-corrected chi connectivity index (χ0v) is 19.1. The van der Waals surface area contributed by atoms with Gasteiger partial charge in [-0.3, -0.25) is 14.4 Å². The summed E-state index contributed by atoms with van der Waals surface area (Å²) in [4.78, 5) is 40.5. The largest absolute Gasteiger partial charge is 0.352 e. The van der Waals surface area contributed by atoms with Gasteiger partial charge in [0, 0.05) is 25.6 Å². The molecule has 7 heteroatoms. The molecule has 1 saturated heterocycles. The number of amides is 3. The Bertz CT molecular complexity index is 689. The molecule has 0 saturated carbocycles. The maximum absolute atomic E-state index is 12.9. The number of hydrogen-bond donors (Lipinski definition) is 2. The van der Waals surface area contributed by atoms with Crippen LogP contribution in [0, 0.1) is 11.3 Å². The monoisotopic (exact) mass is 421 g/mol. The molecule has 2 atom stereocenters. The van der Waals surface area contributed by atoms with E-state index in [9.17, 15) is 14.4 Å². The summed E-state index contributed by atoms with van der Waals surface area (Å²) in [6, 6.07) is 3.06. The highest BCUT2D eigenvalue weighted by Crippen LogP contribution is 2.25. The molecule has 2 rings (SSSR count). The lowest BCUT2D eigenvalue weighted by Crippen LogP contribution is -2.55. The van der Waals surface area contributed by atoms with Gasteiger partial charge in [0.25, 0.3) is 5.91 Å². The van der Waals surface area contributed by atoms with E-state index < -0.39 is 6.04 Å². The van der Waals surface area contributed by atoms with E-state index in [1.54, 1.807) is 6.07 Å². The molecule has 1 aliphatic heterocycles. The first kappa shape index (κ1) is 23.4. The summed E-state index contributed by atoms with van der Waals surface area (Å²) in [5.41, 5.74) is -0.0404. The maximum atomic E-state index is 12.9. The van der Waals surface area contributed by atoms with E-state index in [0.29, 0.717) is 37.2 Å². The average Bonchev–Trinajstić information content (AvgIpc) is 3.19. The van der Waals surface area contributed by atoms with Crippen molar-refractivity contribution in [3.63, 3.8) is 0 Å². The van der Waals surface area contributed by atoms with Gasteiger partial charge in [-0.1, -0.05) is 33.8 Å². The molecule has 1 aliphatic rings. The van der Waals surface area contributed by atoms with Gasteiger partial charge in [0.15, 0.2) is 0 Å². The molecular formula is C22H35N3O3S. The quantitative estimate of drug-likeness (QED) is 0.708. The smallest absolute Gasteiger partial charge is 0.262 e. The summed E-state index contributed by atoms with van der Waals surface area (Å²) in [5, 5.41) is 7.82. The third-order valence-electron chi connectivity index (χ3n) is 5.36. The second kappa shape index (κ2) is 10.2. The van der Waals surface area contributed by atoms with Crippen molar-refractivity contribution in [3.8, 4) is 0 Å². The van der Waals surface area contributed by atoms with E-state index in [2.05, 4.69) is 31.4 Å². The van der Waals surface area contributed by atoms with Crippen LogP contribution in [0.3, 0.4) is 0 Å². The minimum Gasteiger partial charge on any atom is -0.352 e. The fourth-order valence-corrected chi connectivity index (χ4v) is 4.13. The predicted molar refractivity (Wildman–Crippen MR) is 117 cm³/mol. The Labute approximate surface area is 178 Å². The highest BCUT2D eigenvalue weighted by molar-refractivity contribution is 7.12. The third kappa shape index (κ3) is 7.14. The molecule has 1 aromatic rings. The van der Waals surface area contributed by atoms with Crippen molar-refractivity contribution < 1.29 is 14.4 Å². The summed E-state index contributed by atoms with van der Waals surface area (Å²) in [6.45, 7) is 11.4. The van der Waals surface area contributed by atoms with Crippen LogP contribution < -0.4 is 10.6 Å². The highest BCUT2D eigenvalue weighted by Gasteiger charge is 2.35. The minimum atomic E-state index is -0.585. The summed E-state index contributed by atoms with van der Waals surface area (Å²) < 4.78 is 0. The number of rotatable bonds is 7. The summed E-state index contributed by atoms with van der Waals surface area (Å²) in [7, 11) is 0. The second-order valence-electron chi connectivity index (χ2n) is 9.20. The lowest BCUT2D eigenvalue weighted by Gasteiger charge is -2.37. The molecule has 162 valence electrons. The van der Waals surface area contributed by atoms with Gasteiger partial charge < -0.3 is 15.5 Å². The number of likely N-dealkylation sites (tertiary alicyclic amines) is 1. The Hall–Kier alpha value is -1.89. The Morgan fingerprint density at radius 1 is 1.21 bits per heavy atom. The summed E-state index contributed by atoms with van der Waals surface area (Å²) >= 11 is 1.36. The molecule has 0 spiro atoms. The molecule has 0 radical (unpaired) electrons. The van der Waals surface area contributed by atoms with Gasteiger partial charge in [0.05, 0.1) is 4.88 Å². The van der Waals surface area contributed by atoms with E-state index in [1.165, 1.54) is 11.3 Å². The molecule has 2 heterocycles. The number of carbonyl (C=O) groups excluding carboxylic acids is 3. The van der Waals surface area contributed by atoms with Crippen molar-refractivity contribution in [2.24, 2.45) is 11.3 Å². The number of hydrogen-bond acceptors (Lipinski definition) is 4. The first-order valence-electron chi connectivity index (χ1n) is 10.5. The SMILES string of the molecule is CC[C@@H](C)NC(=O)[C@H](NC(=O)c1cccs1)C1CCN(C(=O)CC(C)(C)C)CC1. The van der Waals surface area contributed by atoms with Crippen molar-refractivity contribution >= 4 is 29.1 Å². The zero-order valence-electron chi connectivity index (χ0n) is 18.3. The molecule has 0 bridgehead atoms. The molecule has 6 nitrogen and oxygen atoms in total. The van der Waals surface area contributed by atoms with Crippen molar-refractivity contribution in [1.29, 1.82) is 0 Å². The van der Waals surface area contributed by atoms with Crippen LogP contribution in [0.25, 0.3) is 0 Å². The Kier molecular flexibility index (Phi) is 8.25. The normalized spacial score (nSPS) is 17.5. The third-order valence-corrected chi connectivity index (χ3v) is 6.23. The van der Waals surface area contributed by atoms with Crippen molar-refractivity contribution in [2.75, 3.05) is 13.1 Å². The topological polar surface area (TPSA) is 78.5 Å². The predicted octanol–water partition coefficient (Wildman–Crippen LogP) is 3.44. The lowest BCUT2D eigenvalue weighted by molar-refractivity contribution is -0.134. The van der Waals surface area contributed by atoms with Crippen LogP contribution in [0.4, 0.5) is 0 Å². The van der Waals surface area contributed by atoms with Gasteiger partial charge in [-0.2, -0.15) is 0 Å². The molecule has 3 amide bonds. The van der Waals surface area contributed by atoms with Gasteiger partial charge in [0.1, 0.15) is 6.04 Å². The van der Waals surface area contributed by atoms with Gasteiger partial charge in [-0.05, 0) is 49.0 Å². The second-order valence-corrected chi connectivity index (χ2v) is 10.1. The Balaban J connectivity index is 2.04. The van der Waals surface area contributed by atoms with E-state index in [4.69, 9.17) is 0 Å². The number of nitrogens with zero attached hydrogens (tertiary/aromatic N) is 1. The van der Waals surface area contributed by atoms with Crippen molar-refractivity contribution in [2.45, 2.75) is 72.4 Å². The zero-order chi connectivity index (χ0) is 21.6. The van der Waals surface area contributed by atoms with Crippen LogP contribution in [0.5, 0.6) is 0 Å². The molecular weight excluding hydrogens is 386 g/mol. The highest BCUT2D eigenvalue weighted by atomic mass is 32.1. The van der Waals surface area contributed by atoms with Crippen LogP contribution in [0.15, 0.2) is 17.5 Å². The van der Waals surface area contributed by atoms with E-state index in [1.807, 2.05) is 30.2 Å². The van der Waals surface area contributed by atoms with Gasteiger partial charge >= 0.3 is 0 Å². The van der Waals surface area contributed by atoms with Crippen molar-refractivity contribution in [3.05, 3.63) is 22.4 Å². The van der Waals surface area contributed by atoms with Crippen LogP contribution in [0.1, 0.15) is 70.0 Å². The maximum Gasteiger partial charge on any atom is 0.262 e. The van der Waals surface area contributed by atoms with Crippen LogP contribution in [-0.2, 0) is 9.59 Å².